The topological polar surface area (TPSA) is 41.6 Å². The maximum atomic E-state index is 12.7. The Hall–Kier alpha value is -0.910. The number of hydrogen-bond donors (Lipinski definition) is 1. The van der Waals surface area contributed by atoms with E-state index in [9.17, 15) is 4.79 Å². The molecule has 1 aromatic rings. The van der Waals surface area contributed by atoms with Gasteiger partial charge >= 0.3 is 0 Å². The first kappa shape index (κ1) is 18.4. The van der Waals surface area contributed by atoms with Gasteiger partial charge in [-0.25, -0.2) is 0 Å². The van der Waals surface area contributed by atoms with Crippen molar-refractivity contribution in [2.75, 3.05) is 25.2 Å². The zero-order valence-corrected chi connectivity index (χ0v) is 15.1. The Balaban J connectivity index is 0.00000192. The van der Waals surface area contributed by atoms with E-state index < -0.39 is 0 Å². The van der Waals surface area contributed by atoms with Crippen molar-refractivity contribution >= 4 is 30.1 Å². The molecule has 0 radical (unpaired) electrons. The van der Waals surface area contributed by atoms with Crippen molar-refractivity contribution in [1.29, 1.82) is 0 Å². The average Bonchev–Trinajstić information content (AvgIpc) is 3.38. The van der Waals surface area contributed by atoms with Gasteiger partial charge in [0.2, 0.25) is 5.91 Å². The summed E-state index contributed by atoms with van der Waals surface area (Å²) < 4.78 is 5.42. The quantitative estimate of drug-likeness (QED) is 0.851. The van der Waals surface area contributed by atoms with Crippen LogP contribution in [0.5, 0.6) is 5.75 Å². The van der Waals surface area contributed by atoms with Gasteiger partial charge in [0.25, 0.3) is 0 Å². The van der Waals surface area contributed by atoms with Crippen LogP contribution in [0.25, 0.3) is 0 Å². The van der Waals surface area contributed by atoms with Gasteiger partial charge in [0.05, 0.1) is 7.11 Å². The SMILES string of the molecule is COc1ccccc1CN(C(=O)CC1CSCCN1)C1CC1.Cl. The number of carbonyl (C=O) groups excluding carboxylic acids is 1. The molecule has 1 aliphatic heterocycles. The van der Waals surface area contributed by atoms with E-state index in [1.54, 1.807) is 7.11 Å². The first-order valence-electron chi connectivity index (χ1n) is 8.00. The van der Waals surface area contributed by atoms with Crippen LogP contribution in [0.1, 0.15) is 24.8 Å². The monoisotopic (exact) mass is 356 g/mol. The lowest BCUT2D eigenvalue weighted by molar-refractivity contribution is -0.132. The summed E-state index contributed by atoms with van der Waals surface area (Å²) in [5, 5.41) is 3.46. The number of nitrogens with zero attached hydrogens (tertiary/aromatic N) is 1. The third kappa shape index (κ3) is 5.03. The third-order valence-corrected chi connectivity index (χ3v) is 5.39. The van der Waals surface area contributed by atoms with E-state index in [0.29, 0.717) is 25.0 Å². The van der Waals surface area contributed by atoms with E-state index in [0.717, 1.165) is 42.2 Å². The molecule has 6 heteroatoms. The first-order valence-corrected chi connectivity index (χ1v) is 9.16. The summed E-state index contributed by atoms with van der Waals surface area (Å²) in [6.45, 7) is 1.67. The third-order valence-electron chi connectivity index (χ3n) is 4.26. The molecule has 0 bridgehead atoms. The summed E-state index contributed by atoms with van der Waals surface area (Å²) in [5.41, 5.74) is 1.09. The predicted octanol–water partition coefficient (Wildman–Crippen LogP) is 2.70. The van der Waals surface area contributed by atoms with Gasteiger partial charge in [-0.3, -0.25) is 4.79 Å². The van der Waals surface area contributed by atoms with Crippen LogP contribution in [0.15, 0.2) is 24.3 Å². The van der Waals surface area contributed by atoms with E-state index >= 15 is 0 Å². The van der Waals surface area contributed by atoms with Gasteiger partial charge in [-0.05, 0) is 18.9 Å². The molecule has 1 heterocycles. The Labute approximate surface area is 148 Å². The van der Waals surface area contributed by atoms with Gasteiger partial charge < -0.3 is 15.0 Å². The molecule has 128 valence electrons. The Morgan fingerprint density at radius 2 is 2.17 bits per heavy atom. The lowest BCUT2D eigenvalue weighted by Gasteiger charge is -2.28. The highest BCUT2D eigenvalue weighted by Gasteiger charge is 2.34. The minimum absolute atomic E-state index is 0. The van der Waals surface area contributed by atoms with E-state index in [1.807, 2.05) is 30.0 Å². The van der Waals surface area contributed by atoms with Crippen molar-refractivity contribution in [3.63, 3.8) is 0 Å². The number of carbonyl (C=O) groups is 1. The molecule has 1 aromatic carbocycles. The van der Waals surface area contributed by atoms with E-state index in [1.165, 1.54) is 0 Å². The number of para-hydroxylation sites is 1. The summed E-state index contributed by atoms with van der Waals surface area (Å²) in [6.07, 6.45) is 2.88. The molecule has 1 atom stereocenters. The average molecular weight is 357 g/mol. The molecule has 1 saturated carbocycles. The van der Waals surface area contributed by atoms with Crippen molar-refractivity contribution in [2.45, 2.75) is 37.9 Å². The Bertz CT molecular complexity index is 519. The number of methoxy groups -OCH3 is 1. The van der Waals surface area contributed by atoms with Crippen LogP contribution in [0, 0.1) is 0 Å². The van der Waals surface area contributed by atoms with Crippen molar-refractivity contribution in [1.82, 2.24) is 10.2 Å². The fourth-order valence-corrected chi connectivity index (χ4v) is 3.85. The summed E-state index contributed by atoms with van der Waals surface area (Å²) in [4.78, 5) is 14.8. The summed E-state index contributed by atoms with van der Waals surface area (Å²) in [6, 6.07) is 8.74. The molecule has 4 nitrogen and oxygen atoms in total. The fourth-order valence-electron chi connectivity index (χ4n) is 2.90. The van der Waals surface area contributed by atoms with Crippen LogP contribution in [0.4, 0.5) is 0 Å². The van der Waals surface area contributed by atoms with Crippen LogP contribution >= 0.6 is 24.2 Å². The minimum Gasteiger partial charge on any atom is -0.496 e. The van der Waals surface area contributed by atoms with Crippen molar-refractivity contribution in [2.24, 2.45) is 0 Å². The molecule has 23 heavy (non-hydrogen) atoms. The van der Waals surface area contributed by atoms with Crippen LogP contribution < -0.4 is 10.1 Å². The summed E-state index contributed by atoms with van der Waals surface area (Å²) >= 11 is 1.94. The summed E-state index contributed by atoms with van der Waals surface area (Å²) in [7, 11) is 1.69. The number of thioether (sulfide) groups is 1. The van der Waals surface area contributed by atoms with Crippen LogP contribution in [0.2, 0.25) is 0 Å². The number of halogens is 1. The van der Waals surface area contributed by atoms with E-state index in [4.69, 9.17) is 4.74 Å². The molecule has 2 aliphatic rings. The standard InChI is InChI=1S/C17H24N2O2S.ClH/c1-21-16-5-3-2-4-13(16)11-19(15-6-7-15)17(20)10-14-12-22-9-8-18-14;/h2-5,14-15,18H,6-12H2,1H3;1H. The molecule has 1 aliphatic carbocycles. The molecular formula is C17H25ClN2O2S. The Morgan fingerprint density at radius 1 is 1.39 bits per heavy atom. The van der Waals surface area contributed by atoms with Gasteiger partial charge in [0.1, 0.15) is 5.75 Å². The molecule has 2 fully saturated rings. The lowest BCUT2D eigenvalue weighted by atomic mass is 10.1. The second kappa shape index (κ2) is 8.81. The maximum absolute atomic E-state index is 12.7. The molecule has 0 aromatic heterocycles. The van der Waals surface area contributed by atoms with E-state index in [2.05, 4.69) is 16.3 Å². The van der Waals surface area contributed by atoms with Gasteiger partial charge in [-0.15, -0.1) is 12.4 Å². The smallest absolute Gasteiger partial charge is 0.224 e. The largest absolute Gasteiger partial charge is 0.496 e. The van der Waals surface area contributed by atoms with E-state index in [-0.39, 0.29) is 18.3 Å². The lowest BCUT2D eigenvalue weighted by Crippen LogP contribution is -2.43. The number of rotatable bonds is 6. The number of nitrogens with one attached hydrogen (secondary N) is 1. The maximum Gasteiger partial charge on any atom is 0.224 e. The van der Waals surface area contributed by atoms with Gasteiger partial charge in [0.15, 0.2) is 0 Å². The number of benzene rings is 1. The zero-order chi connectivity index (χ0) is 15.4. The van der Waals surface area contributed by atoms with Crippen LogP contribution in [-0.4, -0.2) is 48.1 Å². The second-order valence-corrected chi connectivity index (χ2v) is 7.14. The predicted molar refractivity (Wildman–Crippen MR) is 97.5 cm³/mol. The van der Waals surface area contributed by atoms with Gasteiger partial charge in [-0.1, -0.05) is 18.2 Å². The Morgan fingerprint density at radius 3 is 2.83 bits per heavy atom. The number of ether oxygens (including phenoxy) is 1. The highest BCUT2D eigenvalue weighted by molar-refractivity contribution is 7.99. The molecular weight excluding hydrogens is 332 g/mol. The van der Waals surface area contributed by atoms with Crippen molar-refractivity contribution in [3.8, 4) is 5.75 Å². The molecule has 1 saturated heterocycles. The van der Waals surface area contributed by atoms with Gasteiger partial charge in [-0.2, -0.15) is 11.8 Å². The number of hydrogen-bond acceptors (Lipinski definition) is 4. The number of amides is 1. The molecule has 1 unspecified atom stereocenters. The van der Waals surface area contributed by atoms with Crippen molar-refractivity contribution in [3.05, 3.63) is 29.8 Å². The summed E-state index contributed by atoms with van der Waals surface area (Å²) in [5.74, 6) is 3.33. The minimum atomic E-state index is 0. The zero-order valence-electron chi connectivity index (χ0n) is 13.5. The fraction of sp³-hybridized carbons (Fsp3) is 0.588. The highest BCUT2D eigenvalue weighted by atomic mass is 35.5. The second-order valence-electron chi connectivity index (χ2n) is 5.99. The normalized spacial score (nSPS) is 20.5. The molecule has 1 N–H and O–H groups in total. The first-order chi connectivity index (χ1) is 10.8. The van der Waals surface area contributed by atoms with Gasteiger partial charge in [0, 0.05) is 48.7 Å². The Kier molecular flexibility index (Phi) is 7.06. The molecule has 0 spiro atoms. The van der Waals surface area contributed by atoms with Crippen molar-refractivity contribution < 1.29 is 9.53 Å². The highest BCUT2D eigenvalue weighted by Crippen LogP contribution is 2.31. The van der Waals surface area contributed by atoms with Crippen LogP contribution in [0.3, 0.4) is 0 Å². The molecule has 1 amide bonds. The van der Waals surface area contributed by atoms with Crippen LogP contribution in [-0.2, 0) is 11.3 Å². The molecule has 3 rings (SSSR count).